The van der Waals surface area contributed by atoms with Gasteiger partial charge in [-0.15, -0.1) is 0 Å². The predicted molar refractivity (Wildman–Crippen MR) is 84.7 cm³/mol. The first-order chi connectivity index (χ1) is 11.7. The fourth-order valence-corrected chi connectivity index (χ4v) is 3.29. The molecule has 0 aliphatic carbocycles. The summed E-state index contributed by atoms with van der Waals surface area (Å²) in [7, 11) is -1.18. The Kier molecular flexibility index (Phi) is 5.91. The summed E-state index contributed by atoms with van der Waals surface area (Å²) in [5.74, 6) is -0.628. The van der Waals surface area contributed by atoms with Crippen LogP contribution in [0.15, 0.2) is 47.4 Å². The number of benzene rings is 2. The highest BCUT2D eigenvalue weighted by molar-refractivity contribution is 7.89. The van der Waals surface area contributed by atoms with Crippen molar-refractivity contribution in [3.63, 3.8) is 0 Å². The first-order valence-electron chi connectivity index (χ1n) is 7.07. The SMILES string of the molecule is COc1cc(CN(C)S(=O)(=O)c2ccc(F)cc2)ccc1OC(F)F. The molecule has 2 aromatic carbocycles. The van der Waals surface area contributed by atoms with E-state index in [4.69, 9.17) is 4.74 Å². The maximum absolute atomic E-state index is 12.9. The molecule has 0 bridgehead atoms. The average molecular weight is 375 g/mol. The van der Waals surface area contributed by atoms with Crippen LogP contribution in [-0.2, 0) is 16.6 Å². The lowest BCUT2D eigenvalue weighted by Gasteiger charge is -2.18. The Hall–Kier alpha value is -2.26. The molecule has 0 aliphatic heterocycles. The number of halogens is 3. The molecule has 0 saturated heterocycles. The maximum atomic E-state index is 12.9. The van der Waals surface area contributed by atoms with Gasteiger partial charge >= 0.3 is 6.61 Å². The van der Waals surface area contributed by atoms with Crippen LogP contribution < -0.4 is 9.47 Å². The van der Waals surface area contributed by atoms with Crippen molar-refractivity contribution < 1.29 is 31.1 Å². The van der Waals surface area contributed by atoms with Crippen LogP contribution in [0, 0.1) is 5.82 Å². The molecule has 0 radical (unpaired) electrons. The van der Waals surface area contributed by atoms with Crippen molar-refractivity contribution in [1.82, 2.24) is 4.31 Å². The summed E-state index contributed by atoms with van der Waals surface area (Å²) in [5, 5.41) is 0. The van der Waals surface area contributed by atoms with Gasteiger partial charge in [0.2, 0.25) is 10.0 Å². The Morgan fingerprint density at radius 3 is 2.28 bits per heavy atom. The molecule has 0 amide bonds. The number of ether oxygens (including phenoxy) is 2. The van der Waals surface area contributed by atoms with Crippen LogP contribution in [0.5, 0.6) is 11.5 Å². The van der Waals surface area contributed by atoms with E-state index < -0.39 is 22.5 Å². The Labute approximate surface area is 143 Å². The van der Waals surface area contributed by atoms with Gasteiger partial charge in [-0.25, -0.2) is 12.8 Å². The molecule has 0 spiro atoms. The number of rotatable bonds is 7. The molecule has 0 saturated carbocycles. The molecule has 0 atom stereocenters. The second-order valence-electron chi connectivity index (χ2n) is 5.08. The van der Waals surface area contributed by atoms with E-state index in [1.165, 1.54) is 44.5 Å². The topological polar surface area (TPSA) is 55.8 Å². The van der Waals surface area contributed by atoms with Crippen LogP contribution in [-0.4, -0.2) is 33.5 Å². The molecule has 0 fully saturated rings. The van der Waals surface area contributed by atoms with Crippen molar-refractivity contribution in [1.29, 1.82) is 0 Å². The lowest BCUT2D eigenvalue weighted by atomic mass is 10.2. The van der Waals surface area contributed by atoms with Gasteiger partial charge in [0.15, 0.2) is 11.5 Å². The first-order valence-corrected chi connectivity index (χ1v) is 8.51. The van der Waals surface area contributed by atoms with Gasteiger partial charge in [-0.05, 0) is 42.0 Å². The Bertz CT molecular complexity index is 826. The highest BCUT2D eigenvalue weighted by Crippen LogP contribution is 2.30. The highest BCUT2D eigenvalue weighted by Gasteiger charge is 2.21. The van der Waals surface area contributed by atoms with Crippen molar-refractivity contribution >= 4 is 10.0 Å². The summed E-state index contributed by atoms with van der Waals surface area (Å²) in [6, 6.07) is 8.59. The van der Waals surface area contributed by atoms with Crippen molar-refractivity contribution in [2.75, 3.05) is 14.2 Å². The van der Waals surface area contributed by atoms with Crippen LogP contribution in [0.25, 0.3) is 0 Å². The lowest BCUT2D eigenvalue weighted by molar-refractivity contribution is -0.0512. The fourth-order valence-electron chi connectivity index (χ4n) is 2.13. The number of sulfonamides is 1. The third kappa shape index (κ3) is 4.64. The van der Waals surface area contributed by atoms with E-state index >= 15 is 0 Å². The predicted octanol–water partition coefficient (Wildman–Crippen LogP) is 3.26. The summed E-state index contributed by atoms with van der Waals surface area (Å²) < 4.78 is 72.9. The number of hydrogen-bond acceptors (Lipinski definition) is 4. The van der Waals surface area contributed by atoms with Gasteiger partial charge in [0.1, 0.15) is 5.82 Å². The van der Waals surface area contributed by atoms with Crippen LogP contribution >= 0.6 is 0 Å². The van der Waals surface area contributed by atoms with Gasteiger partial charge < -0.3 is 9.47 Å². The number of nitrogens with zero attached hydrogens (tertiary/aromatic N) is 1. The molecular formula is C16H16F3NO4S. The van der Waals surface area contributed by atoms with Crippen LogP contribution in [0.3, 0.4) is 0 Å². The van der Waals surface area contributed by atoms with E-state index in [-0.39, 0.29) is 22.9 Å². The van der Waals surface area contributed by atoms with E-state index in [1.54, 1.807) is 0 Å². The van der Waals surface area contributed by atoms with E-state index in [2.05, 4.69) is 4.74 Å². The minimum absolute atomic E-state index is 0.0367. The summed E-state index contributed by atoms with van der Waals surface area (Å²) in [5.41, 5.74) is 0.506. The lowest BCUT2D eigenvalue weighted by Crippen LogP contribution is -2.26. The summed E-state index contributed by atoms with van der Waals surface area (Å²) in [6.45, 7) is -3.04. The number of hydrogen-bond donors (Lipinski definition) is 0. The monoisotopic (exact) mass is 375 g/mol. The van der Waals surface area contributed by atoms with Crippen LogP contribution in [0.2, 0.25) is 0 Å². The molecule has 0 heterocycles. The molecule has 2 aromatic rings. The van der Waals surface area contributed by atoms with E-state index in [0.29, 0.717) is 5.56 Å². The summed E-state index contributed by atoms with van der Waals surface area (Å²) in [6.07, 6.45) is 0. The maximum Gasteiger partial charge on any atom is 0.387 e. The van der Waals surface area contributed by atoms with Crippen molar-refractivity contribution in [3.05, 3.63) is 53.8 Å². The summed E-state index contributed by atoms with van der Waals surface area (Å²) in [4.78, 5) is -0.0546. The smallest absolute Gasteiger partial charge is 0.387 e. The van der Waals surface area contributed by atoms with E-state index in [1.807, 2.05) is 0 Å². The molecule has 5 nitrogen and oxygen atoms in total. The zero-order valence-corrected chi connectivity index (χ0v) is 14.3. The Morgan fingerprint density at radius 1 is 1.08 bits per heavy atom. The molecule has 0 aliphatic rings. The van der Waals surface area contributed by atoms with Crippen LogP contribution in [0.4, 0.5) is 13.2 Å². The van der Waals surface area contributed by atoms with Gasteiger partial charge in [-0.2, -0.15) is 13.1 Å². The van der Waals surface area contributed by atoms with Crippen molar-refractivity contribution in [3.8, 4) is 11.5 Å². The number of methoxy groups -OCH3 is 1. The molecule has 0 unspecified atom stereocenters. The fraction of sp³-hybridized carbons (Fsp3) is 0.250. The normalized spacial score (nSPS) is 11.8. The standard InChI is InChI=1S/C16H16F3NO4S/c1-20(25(21,22)13-6-4-12(17)5-7-13)10-11-3-8-14(24-16(18)19)15(9-11)23-2/h3-9,16H,10H2,1-2H3. The van der Waals surface area contributed by atoms with Gasteiger partial charge in [0.25, 0.3) is 0 Å². The Balaban J connectivity index is 2.22. The molecule has 136 valence electrons. The zero-order valence-electron chi connectivity index (χ0n) is 13.4. The van der Waals surface area contributed by atoms with Gasteiger partial charge in [-0.1, -0.05) is 6.07 Å². The molecule has 9 heteroatoms. The molecule has 25 heavy (non-hydrogen) atoms. The van der Waals surface area contributed by atoms with Gasteiger partial charge in [0, 0.05) is 13.6 Å². The quantitative estimate of drug-likeness (QED) is 0.746. The molecular weight excluding hydrogens is 359 g/mol. The highest BCUT2D eigenvalue weighted by atomic mass is 32.2. The zero-order chi connectivity index (χ0) is 18.6. The van der Waals surface area contributed by atoms with Crippen molar-refractivity contribution in [2.45, 2.75) is 18.1 Å². The second-order valence-corrected chi connectivity index (χ2v) is 7.12. The Morgan fingerprint density at radius 2 is 1.72 bits per heavy atom. The van der Waals surface area contributed by atoms with E-state index in [0.717, 1.165) is 16.4 Å². The largest absolute Gasteiger partial charge is 0.493 e. The minimum Gasteiger partial charge on any atom is -0.493 e. The second kappa shape index (κ2) is 7.75. The van der Waals surface area contributed by atoms with E-state index in [9.17, 15) is 21.6 Å². The van der Waals surface area contributed by atoms with Crippen LogP contribution in [0.1, 0.15) is 5.56 Å². The number of alkyl halides is 2. The third-order valence-corrected chi connectivity index (χ3v) is 5.19. The van der Waals surface area contributed by atoms with Gasteiger partial charge in [-0.3, -0.25) is 0 Å². The summed E-state index contributed by atoms with van der Waals surface area (Å²) >= 11 is 0. The molecule has 2 rings (SSSR count). The molecule has 0 N–H and O–H groups in total. The van der Waals surface area contributed by atoms with Gasteiger partial charge in [0.05, 0.1) is 12.0 Å². The van der Waals surface area contributed by atoms with Crippen molar-refractivity contribution in [2.24, 2.45) is 0 Å². The molecule has 0 aromatic heterocycles. The minimum atomic E-state index is -3.83. The third-order valence-electron chi connectivity index (χ3n) is 3.37. The average Bonchev–Trinajstić information content (AvgIpc) is 2.56. The first kappa shape index (κ1) is 19.1.